The topological polar surface area (TPSA) is 64.6 Å². The van der Waals surface area contributed by atoms with E-state index < -0.39 is 0 Å². The molecule has 0 unspecified atom stereocenters. The quantitative estimate of drug-likeness (QED) is 0.671. The molecule has 0 aromatic heterocycles. The average molecular weight is 290 g/mol. The van der Waals surface area contributed by atoms with Gasteiger partial charge in [0.15, 0.2) is 0 Å². The van der Waals surface area contributed by atoms with Crippen molar-refractivity contribution in [3.63, 3.8) is 0 Å². The Morgan fingerprint density at radius 2 is 1.89 bits per heavy atom. The summed E-state index contributed by atoms with van der Waals surface area (Å²) >= 11 is 0. The van der Waals surface area contributed by atoms with E-state index in [1.54, 1.807) is 0 Å². The van der Waals surface area contributed by atoms with E-state index >= 15 is 0 Å². The molecule has 4 atom stereocenters. The van der Waals surface area contributed by atoms with Gasteiger partial charge in [0.1, 0.15) is 0 Å². The first kappa shape index (κ1) is 14.9. The summed E-state index contributed by atoms with van der Waals surface area (Å²) in [7, 11) is 0. The van der Waals surface area contributed by atoms with Gasteiger partial charge in [0.25, 0.3) is 0 Å². The summed E-state index contributed by atoms with van der Waals surface area (Å²) in [5.74, 6) is 0. The molecule has 0 radical (unpaired) electrons. The van der Waals surface area contributed by atoms with E-state index in [4.69, 9.17) is 0 Å². The van der Waals surface area contributed by atoms with Crippen LogP contribution in [0.3, 0.4) is 0 Å². The number of hydrogen-bond donors (Lipinski definition) is 3. The number of aliphatic hydroxyl groups is 1. The second-order valence-electron chi connectivity index (χ2n) is 5.91. The molecule has 3 rings (SSSR count). The van der Waals surface area contributed by atoms with Gasteiger partial charge in [-0.1, -0.05) is 0 Å². The standard InChI is InChI=1S/C13H23N3O2.ClH/c17-12-6-10-3-4-11(7-12)16(10)13(18)15-9-2-1-5-14-8-9;/h9-12,14,17H,1-8H2,(H,15,18);1H/t9-,10-,11+,12+;/m0./s1. The van der Waals surface area contributed by atoms with Crippen molar-refractivity contribution in [3.8, 4) is 0 Å². The minimum absolute atomic E-state index is 0. The lowest BCUT2D eigenvalue weighted by Crippen LogP contribution is -2.56. The Kier molecular flexibility index (Phi) is 4.92. The van der Waals surface area contributed by atoms with E-state index in [2.05, 4.69) is 10.6 Å². The lowest BCUT2D eigenvalue weighted by Gasteiger charge is -2.38. The van der Waals surface area contributed by atoms with Crippen LogP contribution in [0.4, 0.5) is 4.79 Å². The zero-order valence-electron chi connectivity index (χ0n) is 11.2. The summed E-state index contributed by atoms with van der Waals surface area (Å²) in [6.45, 7) is 1.95. The third-order valence-corrected chi connectivity index (χ3v) is 4.57. The number of piperidine rings is 2. The zero-order valence-corrected chi connectivity index (χ0v) is 12.0. The number of nitrogens with one attached hydrogen (secondary N) is 2. The highest BCUT2D eigenvalue weighted by molar-refractivity contribution is 5.85. The molecule has 3 aliphatic rings. The van der Waals surface area contributed by atoms with E-state index in [0.717, 1.165) is 51.6 Å². The van der Waals surface area contributed by atoms with Gasteiger partial charge in [0, 0.05) is 24.7 Å². The molecular weight excluding hydrogens is 266 g/mol. The van der Waals surface area contributed by atoms with E-state index in [0.29, 0.717) is 0 Å². The van der Waals surface area contributed by atoms with Gasteiger partial charge in [0.05, 0.1) is 6.10 Å². The van der Waals surface area contributed by atoms with Crippen molar-refractivity contribution in [3.05, 3.63) is 0 Å². The van der Waals surface area contributed by atoms with Crippen molar-refractivity contribution in [2.45, 2.75) is 62.8 Å². The maximum absolute atomic E-state index is 12.3. The second kappa shape index (κ2) is 6.29. The minimum Gasteiger partial charge on any atom is -0.393 e. The van der Waals surface area contributed by atoms with Gasteiger partial charge in [-0.3, -0.25) is 0 Å². The highest BCUT2D eigenvalue weighted by atomic mass is 35.5. The van der Waals surface area contributed by atoms with Gasteiger partial charge in [-0.15, -0.1) is 12.4 Å². The molecule has 3 saturated heterocycles. The van der Waals surface area contributed by atoms with Crippen LogP contribution in [0.25, 0.3) is 0 Å². The summed E-state index contributed by atoms with van der Waals surface area (Å²) in [4.78, 5) is 14.3. The zero-order chi connectivity index (χ0) is 12.5. The fraction of sp³-hybridized carbons (Fsp3) is 0.923. The van der Waals surface area contributed by atoms with Crippen LogP contribution in [0.15, 0.2) is 0 Å². The molecule has 19 heavy (non-hydrogen) atoms. The highest BCUT2D eigenvalue weighted by Crippen LogP contribution is 2.35. The number of nitrogens with zero attached hydrogens (tertiary/aromatic N) is 1. The van der Waals surface area contributed by atoms with E-state index in [-0.39, 0.29) is 42.7 Å². The van der Waals surface area contributed by atoms with Crippen LogP contribution in [0, 0.1) is 0 Å². The summed E-state index contributed by atoms with van der Waals surface area (Å²) < 4.78 is 0. The molecule has 5 nitrogen and oxygen atoms in total. The number of amides is 2. The first-order valence-corrected chi connectivity index (χ1v) is 7.21. The molecule has 0 saturated carbocycles. The van der Waals surface area contributed by atoms with E-state index in [1.807, 2.05) is 4.90 Å². The summed E-state index contributed by atoms with van der Waals surface area (Å²) in [6, 6.07) is 0.881. The van der Waals surface area contributed by atoms with Crippen LogP contribution >= 0.6 is 12.4 Å². The number of halogens is 1. The Labute approximate surface area is 120 Å². The molecule has 0 spiro atoms. The third-order valence-electron chi connectivity index (χ3n) is 4.57. The Hall–Kier alpha value is -0.520. The fourth-order valence-electron chi connectivity index (χ4n) is 3.70. The largest absolute Gasteiger partial charge is 0.393 e. The summed E-state index contributed by atoms with van der Waals surface area (Å²) in [5, 5.41) is 16.2. The predicted molar refractivity (Wildman–Crippen MR) is 75.6 cm³/mol. The summed E-state index contributed by atoms with van der Waals surface area (Å²) in [6.07, 6.45) is 5.62. The van der Waals surface area contributed by atoms with Crippen LogP contribution in [-0.4, -0.2) is 53.4 Å². The van der Waals surface area contributed by atoms with Crippen molar-refractivity contribution >= 4 is 18.4 Å². The van der Waals surface area contributed by atoms with Crippen LogP contribution in [0.5, 0.6) is 0 Å². The molecule has 2 amide bonds. The van der Waals surface area contributed by atoms with Gasteiger partial charge in [0.2, 0.25) is 0 Å². The molecule has 0 aliphatic carbocycles. The molecule has 3 heterocycles. The van der Waals surface area contributed by atoms with Crippen molar-refractivity contribution in [1.82, 2.24) is 15.5 Å². The maximum Gasteiger partial charge on any atom is 0.318 e. The number of carbonyl (C=O) groups excluding carboxylic acids is 1. The molecule has 2 bridgehead atoms. The highest BCUT2D eigenvalue weighted by Gasteiger charge is 2.43. The van der Waals surface area contributed by atoms with Crippen molar-refractivity contribution in [2.75, 3.05) is 13.1 Å². The molecule has 3 aliphatic heterocycles. The third kappa shape index (κ3) is 3.15. The number of hydrogen-bond acceptors (Lipinski definition) is 3. The minimum atomic E-state index is -0.206. The Bertz CT molecular complexity index is 309. The van der Waals surface area contributed by atoms with Crippen molar-refractivity contribution < 1.29 is 9.90 Å². The van der Waals surface area contributed by atoms with Crippen LogP contribution in [-0.2, 0) is 0 Å². The smallest absolute Gasteiger partial charge is 0.318 e. The number of fused-ring (bicyclic) bond motifs is 2. The van der Waals surface area contributed by atoms with Gasteiger partial charge in [-0.2, -0.15) is 0 Å². The molecule has 3 N–H and O–H groups in total. The first-order valence-electron chi connectivity index (χ1n) is 7.21. The average Bonchev–Trinajstić information content (AvgIpc) is 2.63. The molecule has 0 aromatic rings. The van der Waals surface area contributed by atoms with Crippen LogP contribution in [0.2, 0.25) is 0 Å². The van der Waals surface area contributed by atoms with Gasteiger partial charge in [-0.05, 0) is 45.1 Å². The van der Waals surface area contributed by atoms with Gasteiger partial charge in [-0.25, -0.2) is 4.79 Å². The predicted octanol–water partition coefficient (Wildman–Crippen LogP) is 0.857. The van der Waals surface area contributed by atoms with Gasteiger partial charge < -0.3 is 20.6 Å². The number of carbonyl (C=O) groups is 1. The number of rotatable bonds is 1. The van der Waals surface area contributed by atoms with Crippen molar-refractivity contribution in [2.24, 2.45) is 0 Å². The summed E-state index contributed by atoms with van der Waals surface area (Å²) in [5.41, 5.74) is 0. The SMILES string of the molecule is Cl.O=C(N[C@H]1CCCNC1)N1[C@@H]2CC[C@H]1C[C@@H](O)C2. The monoisotopic (exact) mass is 289 g/mol. The number of aliphatic hydroxyl groups excluding tert-OH is 1. The Balaban J connectivity index is 0.00000133. The van der Waals surface area contributed by atoms with E-state index in [1.165, 1.54) is 0 Å². The second-order valence-corrected chi connectivity index (χ2v) is 5.91. The Morgan fingerprint density at radius 3 is 2.47 bits per heavy atom. The molecule has 6 heteroatoms. The fourth-order valence-corrected chi connectivity index (χ4v) is 3.70. The lowest BCUT2D eigenvalue weighted by molar-refractivity contribution is 0.0532. The Morgan fingerprint density at radius 1 is 1.21 bits per heavy atom. The molecule has 0 aromatic carbocycles. The van der Waals surface area contributed by atoms with Gasteiger partial charge >= 0.3 is 6.03 Å². The van der Waals surface area contributed by atoms with Crippen molar-refractivity contribution in [1.29, 1.82) is 0 Å². The van der Waals surface area contributed by atoms with E-state index in [9.17, 15) is 9.90 Å². The normalized spacial score (nSPS) is 37.6. The maximum atomic E-state index is 12.3. The molecular formula is C13H24ClN3O2. The van der Waals surface area contributed by atoms with Crippen LogP contribution in [0.1, 0.15) is 38.5 Å². The first-order chi connectivity index (χ1) is 8.74. The lowest BCUT2D eigenvalue weighted by atomic mass is 10.0. The molecule has 3 fully saturated rings. The molecule has 110 valence electrons. The number of urea groups is 1. The van der Waals surface area contributed by atoms with Crippen LogP contribution < -0.4 is 10.6 Å².